The summed E-state index contributed by atoms with van der Waals surface area (Å²) >= 11 is 0. The molecule has 2 unspecified atom stereocenters. The molecule has 2 aliphatic rings. The van der Waals surface area contributed by atoms with Gasteiger partial charge < -0.3 is 14.2 Å². The minimum absolute atomic E-state index is 0.0283. The molecule has 0 saturated carbocycles. The quantitative estimate of drug-likeness (QED) is 0.465. The fourth-order valence-corrected chi connectivity index (χ4v) is 3.48. The molecule has 0 N–H and O–H groups in total. The number of rotatable bonds is 7. The average Bonchev–Trinajstić information content (AvgIpc) is 3.56. The smallest absolute Gasteiger partial charge is 0.411 e. The predicted molar refractivity (Wildman–Crippen MR) is 94.5 cm³/mol. The topological polar surface area (TPSA) is 34.3 Å². The van der Waals surface area contributed by atoms with Gasteiger partial charge in [-0.25, -0.2) is 0 Å². The number of halogens is 6. The molecule has 2 saturated heterocycles. The summed E-state index contributed by atoms with van der Waals surface area (Å²) in [5.74, 6) is 0.173. The van der Waals surface area contributed by atoms with Crippen LogP contribution in [-0.4, -0.2) is 44.4 Å². The first kappa shape index (κ1) is 21.0. The fourth-order valence-electron chi connectivity index (χ4n) is 3.48. The van der Waals surface area contributed by atoms with Gasteiger partial charge in [0, 0.05) is 6.42 Å². The molecule has 0 amide bonds. The van der Waals surface area contributed by atoms with E-state index in [4.69, 9.17) is 14.2 Å². The minimum atomic E-state index is -5.61. The van der Waals surface area contributed by atoms with E-state index in [1.807, 2.05) is 0 Å². The van der Waals surface area contributed by atoms with Gasteiger partial charge in [-0.3, -0.25) is 0 Å². The molecule has 2 aliphatic heterocycles. The van der Waals surface area contributed by atoms with Crippen LogP contribution in [0, 0.1) is 0 Å². The highest BCUT2D eigenvalue weighted by molar-refractivity contribution is 5.46. The maximum Gasteiger partial charge on any atom is 0.411 e. The molecular formula is C21H18F6O3. The number of hydrogen-bond acceptors (Lipinski definition) is 3. The lowest BCUT2D eigenvalue weighted by molar-refractivity contribution is -0.288. The van der Waals surface area contributed by atoms with Crippen LogP contribution in [0.3, 0.4) is 0 Å². The lowest BCUT2D eigenvalue weighted by atomic mass is 9.72. The van der Waals surface area contributed by atoms with Crippen LogP contribution in [-0.2, 0) is 21.3 Å². The van der Waals surface area contributed by atoms with Crippen LogP contribution < -0.4 is 4.74 Å². The van der Waals surface area contributed by atoms with Gasteiger partial charge in [-0.15, -0.1) is 0 Å². The van der Waals surface area contributed by atoms with Gasteiger partial charge in [0.1, 0.15) is 18.5 Å². The molecule has 0 spiro atoms. The Kier molecular flexibility index (Phi) is 5.22. The van der Waals surface area contributed by atoms with Crippen molar-refractivity contribution in [1.29, 1.82) is 0 Å². The van der Waals surface area contributed by atoms with Gasteiger partial charge >= 0.3 is 12.4 Å². The monoisotopic (exact) mass is 432 g/mol. The first-order chi connectivity index (χ1) is 14.1. The lowest BCUT2D eigenvalue weighted by Crippen LogP contribution is -2.54. The first-order valence-corrected chi connectivity index (χ1v) is 9.30. The summed E-state index contributed by atoms with van der Waals surface area (Å²) < 4.78 is 100. The molecule has 0 aromatic heterocycles. The van der Waals surface area contributed by atoms with Crippen LogP contribution >= 0.6 is 0 Å². The molecular weight excluding hydrogens is 414 g/mol. The van der Waals surface area contributed by atoms with Crippen LogP contribution in [0.5, 0.6) is 5.75 Å². The van der Waals surface area contributed by atoms with E-state index in [1.54, 1.807) is 0 Å². The number of benzene rings is 2. The molecule has 0 bridgehead atoms. The third kappa shape index (κ3) is 4.00. The Morgan fingerprint density at radius 3 is 1.63 bits per heavy atom. The van der Waals surface area contributed by atoms with Crippen molar-refractivity contribution in [2.45, 2.75) is 36.4 Å². The van der Waals surface area contributed by atoms with E-state index in [0.717, 1.165) is 36.4 Å². The molecule has 2 heterocycles. The van der Waals surface area contributed by atoms with E-state index in [-0.39, 0.29) is 24.6 Å². The van der Waals surface area contributed by atoms with E-state index in [9.17, 15) is 26.3 Å². The Morgan fingerprint density at radius 1 is 0.733 bits per heavy atom. The second-order valence-electron chi connectivity index (χ2n) is 7.39. The second-order valence-corrected chi connectivity index (χ2v) is 7.39. The Balaban J connectivity index is 1.72. The van der Waals surface area contributed by atoms with Crippen LogP contribution in [0.15, 0.2) is 48.5 Å². The Morgan fingerprint density at radius 2 is 1.20 bits per heavy atom. The summed E-state index contributed by atoms with van der Waals surface area (Å²) in [6.45, 7) is 1.25. The highest BCUT2D eigenvalue weighted by Gasteiger charge is 2.72. The largest absolute Gasteiger partial charge is 0.491 e. The van der Waals surface area contributed by atoms with Crippen LogP contribution in [0.25, 0.3) is 0 Å². The van der Waals surface area contributed by atoms with Crippen molar-refractivity contribution in [3.8, 4) is 5.75 Å². The van der Waals surface area contributed by atoms with E-state index >= 15 is 0 Å². The molecule has 2 aromatic carbocycles. The Labute approximate surface area is 168 Å². The van der Waals surface area contributed by atoms with Crippen LogP contribution in [0.2, 0.25) is 0 Å². The van der Waals surface area contributed by atoms with E-state index in [2.05, 4.69) is 0 Å². The molecule has 0 aliphatic carbocycles. The van der Waals surface area contributed by atoms with Gasteiger partial charge in [-0.05, 0) is 28.8 Å². The Hall–Kier alpha value is -2.26. The highest BCUT2D eigenvalue weighted by Crippen LogP contribution is 2.56. The zero-order chi connectivity index (χ0) is 21.6. The van der Waals surface area contributed by atoms with Gasteiger partial charge in [0.05, 0.1) is 19.3 Å². The van der Waals surface area contributed by atoms with Crippen molar-refractivity contribution in [2.75, 3.05) is 19.8 Å². The summed E-state index contributed by atoms with van der Waals surface area (Å²) in [6.07, 6.45) is -10.9. The van der Waals surface area contributed by atoms with Gasteiger partial charge in [0.25, 0.3) is 0 Å². The third-order valence-electron chi connectivity index (χ3n) is 5.23. The van der Waals surface area contributed by atoms with Gasteiger partial charge in [-0.2, -0.15) is 26.3 Å². The van der Waals surface area contributed by atoms with Crippen molar-refractivity contribution < 1.29 is 40.6 Å². The molecule has 3 nitrogen and oxygen atoms in total. The molecule has 2 aromatic rings. The zero-order valence-electron chi connectivity index (χ0n) is 15.6. The van der Waals surface area contributed by atoms with E-state index in [0.29, 0.717) is 25.2 Å². The molecule has 30 heavy (non-hydrogen) atoms. The van der Waals surface area contributed by atoms with E-state index < -0.39 is 28.9 Å². The van der Waals surface area contributed by atoms with Crippen LogP contribution in [0.4, 0.5) is 26.3 Å². The zero-order valence-corrected chi connectivity index (χ0v) is 15.6. The second kappa shape index (κ2) is 7.46. The normalized spacial score (nSPS) is 21.4. The summed E-state index contributed by atoms with van der Waals surface area (Å²) in [6, 6.07) is 8.23. The van der Waals surface area contributed by atoms with Crippen molar-refractivity contribution in [2.24, 2.45) is 0 Å². The SMILES string of the molecule is FC(F)(F)C(c1ccc(CC2CO2)cc1)(c1ccc(OCC2CO2)cc1)C(F)(F)F. The molecule has 0 radical (unpaired) electrons. The van der Waals surface area contributed by atoms with Crippen molar-refractivity contribution in [3.63, 3.8) is 0 Å². The summed E-state index contributed by atoms with van der Waals surface area (Å²) in [5, 5.41) is 0. The minimum Gasteiger partial charge on any atom is -0.491 e. The summed E-state index contributed by atoms with van der Waals surface area (Å²) in [7, 11) is 0. The lowest BCUT2D eigenvalue weighted by Gasteiger charge is -2.38. The highest BCUT2D eigenvalue weighted by atomic mass is 19.4. The maximum atomic E-state index is 14.1. The summed E-state index contributed by atoms with van der Waals surface area (Å²) in [5.41, 5.74) is -5.35. The number of ether oxygens (including phenoxy) is 3. The first-order valence-electron chi connectivity index (χ1n) is 9.30. The van der Waals surface area contributed by atoms with Crippen LogP contribution in [0.1, 0.15) is 16.7 Å². The fraction of sp³-hybridized carbons (Fsp3) is 0.429. The maximum absolute atomic E-state index is 14.1. The van der Waals surface area contributed by atoms with Crippen molar-refractivity contribution >= 4 is 0 Å². The molecule has 2 atom stereocenters. The average molecular weight is 432 g/mol. The Bertz CT molecular complexity index is 852. The molecule has 2 fully saturated rings. The predicted octanol–water partition coefficient (Wildman–Crippen LogP) is 4.82. The molecule has 4 rings (SSSR count). The number of epoxide rings is 2. The van der Waals surface area contributed by atoms with Gasteiger partial charge in [0.15, 0.2) is 0 Å². The van der Waals surface area contributed by atoms with Crippen molar-refractivity contribution in [1.82, 2.24) is 0 Å². The van der Waals surface area contributed by atoms with Gasteiger partial charge in [0.2, 0.25) is 5.41 Å². The molecule has 162 valence electrons. The summed E-state index contributed by atoms with van der Waals surface area (Å²) in [4.78, 5) is 0. The van der Waals surface area contributed by atoms with Gasteiger partial charge in [-0.1, -0.05) is 36.4 Å². The molecule has 9 heteroatoms. The standard InChI is InChI=1S/C21H18F6O3/c22-20(23,24)19(21(25,26)27,14-3-1-13(2-4-14)9-17-10-29-17)15-5-7-16(8-6-15)28-11-18-12-30-18/h1-8,17-18H,9-12H2. The number of alkyl halides is 6. The third-order valence-corrected chi connectivity index (χ3v) is 5.23. The van der Waals surface area contributed by atoms with E-state index in [1.165, 1.54) is 12.1 Å². The number of hydrogen-bond donors (Lipinski definition) is 0. The van der Waals surface area contributed by atoms with Crippen molar-refractivity contribution in [3.05, 3.63) is 65.2 Å².